The molecule has 1 aliphatic rings. The molecule has 3 nitrogen and oxygen atoms in total. The van der Waals surface area contributed by atoms with Crippen molar-refractivity contribution in [3.05, 3.63) is 29.2 Å². The van der Waals surface area contributed by atoms with Gasteiger partial charge in [0.15, 0.2) is 0 Å². The Labute approximate surface area is 81.9 Å². The summed E-state index contributed by atoms with van der Waals surface area (Å²) < 4.78 is 25.4. The van der Waals surface area contributed by atoms with Crippen LogP contribution in [0.3, 0.4) is 0 Å². The second-order valence-electron chi connectivity index (χ2n) is 2.71. The Morgan fingerprint density at radius 2 is 2.08 bits per heavy atom. The van der Waals surface area contributed by atoms with E-state index in [-0.39, 0.29) is 0 Å². The van der Waals surface area contributed by atoms with E-state index in [1.165, 1.54) is 5.41 Å². The predicted molar refractivity (Wildman–Crippen MR) is 55.3 cm³/mol. The fraction of sp³-hybridized carbons (Fsp3) is 0. The van der Waals surface area contributed by atoms with Crippen LogP contribution >= 0.6 is 12.8 Å². The molecule has 0 bridgehead atoms. The second kappa shape index (κ2) is 2.78. The summed E-state index contributed by atoms with van der Waals surface area (Å²) in [5.41, 5.74) is 1.40. The molecule has 0 radical (unpaired) electrons. The summed E-state index contributed by atoms with van der Waals surface area (Å²) in [5.74, 6) is 0. The van der Waals surface area contributed by atoms with Crippen LogP contribution in [0.15, 0.2) is 28.5 Å². The third kappa shape index (κ3) is 1.34. The largest absolute Gasteiger partial charge is 0.332 e. The minimum atomic E-state index is -3.19. The van der Waals surface area contributed by atoms with Gasteiger partial charge in [0.2, 0.25) is 9.84 Å². The van der Waals surface area contributed by atoms with Crippen LogP contribution in [-0.4, -0.2) is 8.42 Å². The first-order chi connectivity index (χ1) is 6.13. The third-order valence-electron chi connectivity index (χ3n) is 1.88. The molecule has 0 unspecified atom stereocenters. The number of anilines is 1. The maximum absolute atomic E-state index is 11.4. The summed E-state index contributed by atoms with van der Waals surface area (Å²) in [6, 6.07) is 5.09. The highest BCUT2D eigenvalue weighted by molar-refractivity contribution is 7.94. The number of hydrogen-bond acceptors (Lipinski definition) is 4. The minimum Gasteiger partial charge on any atom is -0.332 e. The molecule has 1 aromatic carbocycles. The molecule has 1 N–H and O–H groups in total. The van der Waals surface area contributed by atoms with E-state index in [1.54, 1.807) is 24.3 Å². The van der Waals surface area contributed by atoms with Gasteiger partial charge in [0.1, 0.15) is 0 Å². The molecule has 0 fully saturated rings. The summed E-state index contributed by atoms with van der Waals surface area (Å²) in [6.07, 6.45) is 1.59. The molecule has 1 aliphatic heterocycles. The smallest absolute Gasteiger partial charge is 0.200 e. The van der Waals surface area contributed by atoms with Crippen molar-refractivity contribution in [2.75, 3.05) is 4.72 Å². The minimum absolute atomic E-state index is 0.339. The fourth-order valence-corrected chi connectivity index (χ4v) is 2.59. The van der Waals surface area contributed by atoms with Crippen molar-refractivity contribution in [3.63, 3.8) is 0 Å². The number of hydrogen-bond donors (Lipinski definition) is 2. The first kappa shape index (κ1) is 8.65. The number of nitrogens with one attached hydrogen (secondary N) is 1. The van der Waals surface area contributed by atoms with Crippen LogP contribution in [0.5, 0.6) is 0 Å². The average Bonchev–Trinajstić information content (AvgIpc) is 2.42. The van der Waals surface area contributed by atoms with Crippen LogP contribution in [0.1, 0.15) is 5.56 Å². The van der Waals surface area contributed by atoms with Gasteiger partial charge in [-0.25, -0.2) is 8.42 Å². The van der Waals surface area contributed by atoms with Crippen LogP contribution in [0, 0.1) is 0 Å². The number of thiol groups is 1. The number of benzene rings is 1. The second-order valence-corrected chi connectivity index (χ2v) is 4.74. The Balaban J connectivity index is 2.68. The van der Waals surface area contributed by atoms with Gasteiger partial charge in [-0.1, -0.05) is 18.9 Å². The summed E-state index contributed by atoms with van der Waals surface area (Å²) in [7, 11) is -3.19. The van der Waals surface area contributed by atoms with E-state index in [4.69, 9.17) is 0 Å². The Kier molecular flexibility index (Phi) is 1.85. The molecule has 0 aliphatic carbocycles. The zero-order valence-electron chi connectivity index (χ0n) is 6.56. The highest BCUT2D eigenvalue weighted by atomic mass is 32.2. The number of sulfone groups is 1. The molecule has 0 spiro atoms. The molecule has 13 heavy (non-hydrogen) atoms. The summed E-state index contributed by atoms with van der Waals surface area (Å²) in [4.78, 5) is 0.339. The molecular formula is C8H7NO2S2. The predicted octanol–water partition coefficient (Wildman–Crippen LogP) is 1.70. The maximum atomic E-state index is 11.4. The Morgan fingerprint density at radius 1 is 1.31 bits per heavy atom. The van der Waals surface area contributed by atoms with E-state index in [0.29, 0.717) is 10.6 Å². The van der Waals surface area contributed by atoms with Crippen molar-refractivity contribution in [1.82, 2.24) is 0 Å². The molecule has 0 saturated carbocycles. The summed E-state index contributed by atoms with van der Waals surface area (Å²) in [5, 5.41) is 1.21. The number of rotatable bonds is 1. The lowest BCUT2D eigenvalue weighted by molar-refractivity contribution is 0.605. The monoisotopic (exact) mass is 213 g/mol. The van der Waals surface area contributed by atoms with Gasteiger partial charge in [-0.2, -0.15) is 0 Å². The van der Waals surface area contributed by atoms with E-state index < -0.39 is 9.84 Å². The van der Waals surface area contributed by atoms with Gasteiger partial charge in [0.25, 0.3) is 0 Å². The van der Waals surface area contributed by atoms with Gasteiger partial charge >= 0.3 is 0 Å². The van der Waals surface area contributed by atoms with Crippen LogP contribution in [0.2, 0.25) is 0 Å². The molecule has 68 valence electrons. The highest BCUT2D eigenvalue weighted by Gasteiger charge is 2.20. The van der Waals surface area contributed by atoms with Gasteiger partial charge in [-0.15, -0.1) is 0 Å². The quantitative estimate of drug-likeness (QED) is 0.698. The zero-order valence-corrected chi connectivity index (χ0v) is 8.27. The standard InChI is InChI=1S/C8H7NO2S2/c10-13(11)4-3-6-1-2-7(9-12)5-8(6)13/h1-5,9,12H. The Bertz CT molecular complexity index is 477. The molecular weight excluding hydrogens is 206 g/mol. The lowest BCUT2D eigenvalue weighted by atomic mass is 10.2. The van der Waals surface area contributed by atoms with Gasteiger partial charge in [0.05, 0.1) is 4.90 Å². The Morgan fingerprint density at radius 3 is 2.77 bits per heavy atom. The van der Waals surface area contributed by atoms with E-state index >= 15 is 0 Å². The number of fused-ring (bicyclic) bond motifs is 1. The van der Waals surface area contributed by atoms with Gasteiger partial charge in [-0.05, 0) is 23.8 Å². The maximum Gasteiger partial charge on any atom is 0.200 e. The topological polar surface area (TPSA) is 46.2 Å². The molecule has 2 rings (SSSR count). The molecule has 1 aromatic rings. The molecule has 1 heterocycles. The Hall–Kier alpha value is -0.940. The van der Waals surface area contributed by atoms with Gasteiger partial charge < -0.3 is 4.72 Å². The first-order valence-corrected chi connectivity index (χ1v) is 5.60. The van der Waals surface area contributed by atoms with E-state index in [0.717, 1.165) is 5.56 Å². The molecule has 0 atom stereocenters. The van der Waals surface area contributed by atoms with E-state index in [2.05, 4.69) is 17.5 Å². The molecule has 0 aromatic heterocycles. The average molecular weight is 213 g/mol. The third-order valence-corrected chi connectivity index (χ3v) is 3.60. The molecule has 0 amide bonds. The van der Waals surface area contributed by atoms with Crippen molar-refractivity contribution in [2.24, 2.45) is 0 Å². The van der Waals surface area contributed by atoms with Crippen LogP contribution in [-0.2, 0) is 9.84 Å². The van der Waals surface area contributed by atoms with Gasteiger partial charge in [0, 0.05) is 11.1 Å². The van der Waals surface area contributed by atoms with Crippen molar-refractivity contribution >= 4 is 34.4 Å². The SMILES string of the molecule is O=S1(=O)C=Cc2ccc(NS)cc21. The normalized spacial score (nSPS) is 17.0. The summed E-state index contributed by atoms with van der Waals surface area (Å²) in [6.45, 7) is 0. The van der Waals surface area contributed by atoms with Gasteiger partial charge in [-0.3, -0.25) is 0 Å². The van der Waals surface area contributed by atoms with Crippen LogP contribution < -0.4 is 4.72 Å². The van der Waals surface area contributed by atoms with Crippen molar-refractivity contribution in [3.8, 4) is 0 Å². The molecule has 5 heteroatoms. The van der Waals surface area contributed by atoms with Crippen molar-refractivity contribution in [1.29, 1.82) is 0 Å². The summed E-state index contributed by atoms with van der Waals surface area (Å²) >= 11 is 3.84. The van der Waals surface area contributed by atoms with Crippen LogP contribution in [0.25, 0.3) is 6.08 Å². The lowest BCUT2D eigenvalue weighted by Crippen LogP contribution is -1.94. The van der Waals surface area contributed by atoms with E-state index in [9.17, 15) is 8.42 Å². The molecule has 0 saturated heterocycles. The van der Waals surface area contributed by atoms with Crippen molar-refractivity contribution < 1.29 is 8.42 Å². The highest BCUT2D eigenvalue weighted by Crippen LogP contribution is 2.29. The van der Waals surface area contributed by atoms with Crippen molar-refractivity contribution in [2.45, 2.75) is 4.90 Å². The first-order valence-electron chi connectivity index (χ1n) is 3.61. The fourth-order valence-electron chi connectivity index (χ4n) is 1.22. The lowest BCUT2D eigenvalue weighted by Gasteiger charge is -2.02. The van der Waals surface area contributed by atoms with Crippen LogP contribution in [0.4, 0.5) is 5.69 Å². The van der Waals surface area contributed by atoms with E-state index in [1.807, 2.05) is 0 Å². The zero-order chi connectivity index (χ0) is 9.47.